The van der Waals surface area contributed by atoms with Gasteiger partial charge in [-0.1, -0.05) is 30.7 Å². The number of benzene rings is 1. The molecule has 6 nitrogen and oxygen atoms in total. The van der Waals surface area contributed by atoms with Crippen LogP contribution in [0.2, 0.25) is 5.02 Å². The lowest BCUT2D eigenvalue weighted by atomic mass is 9.97. The first-order valence-electron chi connectivity index (χ1n) is 12.1. The molecule has 2 fully saturated rings. The van der Waals surface area contributed by atoms with E-state index in [0.717, 1.165) is 68.9 Å². The van der Waals surface area contributed by atoms with Crippen molar-refractivity contribution in [3.8, 4) is 0 Å². The summed E-state index contributed by atoms with van der Waals surface area (Å²) in [5.74, 6) is 0.700. The Morgan fingerprint density at radius 1 is 1.21 bits per heavy atom. The highest BCUT2D eigenvalue weighted by molar-refractivity contribution is 7.85. The third kappa shape index (κ3) is 6.08. The fourth-order valence-electron chi connectivity index (χ4n) is 5.22. The summed E-state index contributed by atoms with van der Waals surface area (Å²) in [6.45, 7) is 9.60. The highest BCUT2D eigenvalue weighted by Gasteiger charge is 2.34. The number of rotatable bonds is 7. The molecular formula is C25H35ClFN5OS. The molecule has 0 bridgehead atoms. The summed E-state index contributed by atoms with van der Waals surface area (Å²) in [6.07, 6.45) is 6.56. The first kappa shape index (κ1) is 25.4. The van der Waals surface area contributed by atoms with E-state index in [9.17, 15) is 8.60 Å². The van der Waals surface area contributed by atoms with Gasteiger partial charge < -0.3 is 9.62 Å². The second kappa shape index (κ2) is 11.3. The van der Waals surface area contributed by atoms with Crippen LogP contribution >= 0.6 is 11.6 Å². The minimum Gasteiger partial charge on any atom is -0.353 e. The fourth-order valence-corrected chi connectivity index (χ4v) is 5.95. The average molecular weight is 508 g/mol. The number of aryl methyl sites for hydroxylation is 1. The van der Waals surface area contributed by atoms with Crippen LogP contribution in [0.3, 0.4) is 0 Å². The van der Waals surface area contributed by atoms with Crippen LogP contribution in [0.5, 0.6) is 0 Å². The third-order valence-corrected chi connectivity index (χ3v) is 7.81. The number of aromatic nitrogens is 1. The maximum Gasteiger partial charge on any atom is 0.147 e. The molecule has 2 aromatic rings. The number of nitrogens with one attached hydrogen (secondary N) is 1. The molecule has 2 aliphatic rings. The summed E-state index contributed by atoms with van der Waals surface area (Å²) in [6, 6.07) is 8.34. The van der Waals surface area contributed by atoms with Crippen molar-refractivity contribution in [2.75, 3.05) is 48.6 Å². The Morgan fingerprint density at radius 2 is 1.97 bits per heavy atom. The van der Waals surface area contributed by atoms with Gasteiger partial charge in [0.25, 0.3) is 0 Å². The van der Waals surface area contributed by atoms with Crippen molar-refractivity contribution < 1.29 is 8.60 Å². The first-order valence-corrected chi connectivity index (χ1v) is 14.0. The smallest absolute Gasteiger partial charge is 0.147 e. The van der Waals surface area contributed by atoms with Gasteiger partial charge in [-0.2, -0.15) is 0 Å². The fraction of sp³-hybridized carbons (Fsp3) is 0.560. The van der Waals surface area contributed by atoms with Gasteiger partial charge in [0.2, 0.25) is 0 Å². The molecule has 3 heterocycles. The molecule has 9 heteroatoms. The van der Waals surface area contributed by atoms with Crippen LogP contribution in [0.4, 0.5) is 15.9 Å². The van der Waals surface area contributed by atoms with Gasteiger partial charge in [0.15, 0.2) is 0 Å². The summed E-state index contributed by atoms with van der Waals surface area (Å²) >= 11 is 6.54. The minimum atomic E-state index is -1.16. The Kier molecular flexibility index (Phi) is 8.45. The maximum absolute atomic E-state index is 14.3. The maximum atomic E-state index is 14.3. The van der Waals surface area contributed by atoms with Crippen molar-refractivity contribution in [3.63, 3.8) is 0 Å². The van der Waals surface area contributed by atoms with Crippen LogP contribution in [0, 0.1) is 12.7 Å². The molecule has 1 aromatic heterocycles. The normalized spacial score (nSPS) is 21.6. The van der Waals surface area contributed by atoms with E-state index in [-0.39, 0.29) is 5.82 Å². The van der Waals surface area contributed by atoms with Crippen molar-refractivity contribution >= 4 is 34.1 Å². The van der Waals surface area contributed by atoms with E-state index in [1.54, 1.807) is 24.6 Å². The molecule has 2 saturated heterocycles. The van der Waals surface area contributed by atoms with E-state index in [1.165, 1.54) is 0 Å². The number of hydrogen-bond acceptors (Lipinski definition) is 5. The lowest BCUT2D eigenvalue weighted by molar-refractivity contribution is 0.0607. The molecule has 1 N–H and O–H groups in total. The predicted octanol–water partition coefficient (Wildman–Crippen LogP) is 4.45. The monoisotopic (exact) mass is 507 g/mol. The number of hydrogen-bond donors (Lipinski definition) is 1. The summed E-state index contributed by atoms with van der Waals surface area (Å²) in [5.41, 5.74) is 2.42. The van der Waals surface area contributed by atoms with Gasteiger partial charge in [0.1, 0.15) is 22.6 Å². The number of likely N-dealkylation sites (tertiary alicyclic amines) is 1. The third-order valence-electron chi connectivity index (χ3n) is 7.01. The number of piperazine rings is 1. The highest BCUT2D eigenvalue weighted by atomic mass is 35.5. The van der Waals surface area contributed by atoms with Crippen LogP contribution in [-0.4, -0.2) is 70.1 Å². The van der Waals surface area contributed by atoms with Crippen molar-refractivity contribution in [1.82, 2.24) is 14.8 Å². The Morgan fingerprint density at radius 3 is 2.62 bits per heavy atom. The zero-order valence-electron chi connectivity index (χ0n) is 20.3. The number of halogens is 2. The Labute approximate surface area is 210 Å². The topological polar surface area (TPSA) is 51.7 Å². The van der Waals surface area contributed by atoms with E-state index >= 15 is 0 Å². The lowest BCUT2D eigenvalue weighted by Gasteiger charge is -2.47. The van der Waals surface area contributed by atoms with E-state index in [2.05, 4.69) is 31.3 Å². The van der Waals surface area contributed by atoms with Gasteiger partial charge in [0, 0.05) is 50.1 Å². The molecule has 0 spiro atoms. The average Bonchev–Trinajstić information content (AvgIpc) is 2.81. The van der Waals surface area contributed by atoms with Crippen molar-refractivity contribution in [2.24, 2.45) is 0 Å². The Balaban J connectivity index is 1.34. The predicted molar refractivity (Wildman–Crippen MR) is 139 cm³/mol. The van der Waals surface area contributed by atoms with E-state index < -0.39 is 11.0 Å². The van der Waals surface area contributed by atoms with Crippen LogP contribution in [-0.2, 0) is 17.5 Å². The highest BCUT2D eigenvalue weighted by Crippen LogP contribution is 2.31. The molecule has 4 rings (SSSR count). The lowest BCUT2D eigenvalue weighted by Crippen LogP contribution is -2.58. The van der Waals surface area contributed by atoms with Crippen molar-refractivity contribution in [1.29, 1.82) is 0 Å². The zero-order chi connectivity index (χ0) is 24.2. The first-order chi connectivity index (χ1) is 16.3. The molecule has 0 radical (unpaired) electrons. The molecule has 1 aromatic carbocycles. The molecule has 2 aliphatic heterocycles. The second-order valence-electron chi connectivity index (χ2n) is 9.43. The van der Waals surface area contributed by atoms with Gasteiger partial charge in [-0.3, -0.25) is 9.80 Å². The minimum absolute atomic E-state index is 0.0941. The van der Waals surface area contributed by atoms with Gasteiger partial charge in [-0.05, 0) is 57.0 Å². The van der Waals surface area contributed by atoms with Crippen LogP contribution in [0.1, 0.15) is 37.3 Å². The Bertz CT molecular complexity index is 1020. The Hall–Kier alpha value is -1.74. The van der Waals surface area contributed by atoms with E-state index in [0.29, 0.717) is 29.3 Å². The molecule has 0 saturated carbocycles. The zero-order valence-corrected chi connectivity index (χ0v) is 21.8. The SMILES string of the molecule is CCC1CN(c2ncc(NS(C)=O)cc2Cl)CCN1C1CCN(Cc2ccc(C)cc2F)CC1. The summed E-state index contributed by atoms with van der Waals surface area (Å²) in [5, 5.41) is 0.579. The number of nitrogens with zero attached hydrogens (tertiary/aromatic N) is 4. The van der Waals surface area contributed by atoms with Crippen molar-refractivity contribution in [3.05, 3.63) is 52.4 Å². The van der Waals surface area contributed by atoms with E-state index in [4.69, 9.17) is 11.6 Å². The molecule has 186 valence electrons. The molecule has 2 unspecified atom stereocenters. The second-order valence-corrected chi connectivity index (χ2v) is 11.0. The molecule has 0 aliphatic carbocycles. The number of piperidine rings is 1. The van der Waals surface area contributed by atoms with Crippen LogP contribution < -0.4 is 9.62 Å². The largest absolute Gasteiger partial charge is 0.353 e. The van der Waals surface area contributed by atoms with E-state index in [1.807, 2.05) is 19.1 Å². The molecule has 0 amide bonds. The molecule has 34 heavy (non-hydrogen) atoms. The number of anilines is 2. The van der Waals surface area contributed by atoms with Gasteiger partial charge in [0.05, 0.1) is 16.9 Å². The standard InChI is InChI=1S/C25H35ClFN5OS/c1-4-21-17-31(25-23(26)14-20(15-28-25)29-34(3)33)11-12-32(21)22-7-9-30(10-8-22)16-19-6-5-18(2)13-24(19)27/h5-6,13-15,21-22,29H,4,7-12,16-17H2,1-3H3. The molecule has 2 atom stereocenters. The quantitative estimate of drug-likeness (QED) is 0.600. The summed E-state index contributed by atoms with van der Waals surface area (Å²) in [7, 11) is -1.16. The molecular weight excluding hydrogens is 473 g/mol. The number of pyridine rings is 1. The van der Waals surface area contributed by atoms with Crippen LogP contribution in [0.15, 0.2) is 30.5 Å². The van der Waals surface area contributed by atoms with Gasteiger partial charge in [-0.25, -0.2) is 13.6 Å². The van der Waals surface area contributed by atoms with Crippen LogP contribution in [0.25, 0.3) is 0 Å². The van der Waals surface area contributed by atoms with Crippen molar-refractivity contribution in [2.45, 2.75) is 51.7 Å². The summed E-state index contributed by atoms with van der Waals surface area (Å²) in [4.78, 5) is 11.9. The van der Waals surface area contributed by atoms with Gasteiger partial charge >= 0.3 is 0 Å². The summed E-state index contributed by atoms with van der Waals surface area (Å²) < 4.78 is 28.5. The van der Waals surface area contributed by atoms with Gasteiger partial charge in [-0.15, -0.1) is 0 Å².